The lowest BCUT2D eigenvalue weighted by molar-refractivity contribution is -0.171. The van der Waals surface area contributed by atoms with E-state index in [1.54, 1.807) is 6.07 Å². The number of phenols is 1. The first-order valence-corrected chi connectivity index (χ1v) is 6.50. The minimum atomic E-state index is -0.445. The molecule has 0 aliphatic carbocycles. The zero-order valence-electron chi connectivity index (χ0n) is 11.4. The summed E-state index contributed by atoms with van der Waals surface area (Å²) in [7, 11) is 0. The molecule has 3 heteroatoms. The van der Waals surface area contributed by atoms with Gasteiger partial charge in [0.1, 0.15) is 5.75 Å². The highest BCUT2D eigenvalue weighted by Crippen LogP contribution is 2.44. The molecule has 0 saturated carbocycles. The van der Waals surface area contributed by atoms with E-state index in [-0.39, 0.29) is 18.0 Å². The maximum atomic E-state index is 10.1. The second-order valence-electron chi connectivity index (χ2n) is 5.96. The van der Waals surface area contributed by atoms with Crippen LogP contribution in [0.25, 0.3) is 0 Å². The Hall–Kier alpha value is -1.06. The molecule has 3 nitrogen and oxygen atoms in total. The van der Waals surface area contributed by atoms with Gasteiger partial charge in [0.05, 0.1) is 17.8 Å². The summed E-state index contributed by atoms with van der Waals surface area (Å²) in [4.78, 5) is 0. The normalized spacial score (nSPS) is 27.1. The second-order valence-corrected chi connectivity index (χ2v) is 5.96. The molecule has 0 spiro atoms. The summed E-state index contributed by atoms with van der Waals surface area (Å²) in [5, 5.41) is 19.2. The summed E-state index contributed by atoms with van der Waals surface area (Å²) < 4.78 is 6.18. The van der Waals surface area contributed by atoms with Crippen molar-refractivity contribution in [1.29, 1.82) is 0 Å². The smallest absolute Gasteiger partial charge is 0.122 e. The van der Waals surface area contributed by atoms with Gasteiger partial charge in [-0.1, -0.05) is 12.1 Å². The van der Waals surface area contributed by atoms with E-state index in [1.807, 2.05) is 19.1 Å². The standard InChI is InChI=1S/C15H22O3/c1-14(2)7-4-8-15(3,18-14)12-6-5-11(10-16)9-13(12)17/h5-6,9,16-17H,4,7-8,10H2,1-3H3. The summed E-state index contributed by atoms with van der Waals surface area (Å²) in [5.41, 5.74) is 0.928. The molecular formula is C15H22O3. The number of aromatic hydroxyl groups is 1. The lowest BCUT2D eigenvalue weighted by atomic mass is 9.82. The van der Waals surface area contributed by atoms with Crippen LogP contribution in [0, 0.1) is 0 Å². The lowest BCUT2D eigenvalue weighted by Gasteiger charge is -2.44. The van der Waals surface area contributed by atoms with Crippen molar-refractivity contribution >= 4 is 0 Å². The van der Waals surface area contributed by atoms with Crippen molar-refractivity contribution in [1.82, 2.24) is 0 Å². The predicted octanol–water partition coefficient (Wildman–Crippen LogP) is 3.08. The third-order valence-corrected chi connectivity index (χ3v) is 3.75. The number of hydrogen-bond acceptors (Lipinski definition) is 3. The van der Waals surface area contributed by atoms with Gasteiger partial charge in [0.15, 0.2) is 0 Å². The Morgan fingerprint density at radius 2 is 1.94 bits per heavy atom. The topological polar surface area (TPSA) is 49.7 Å². The van der Waals surface area contributed by atoms with E-state index in [4.69, 9.17) is 9.84 Å². The molecule has 18 heavy (non-hydrogen) atoms. The first-order valence-electron chi connectivity index (χ1n) is 6.50. The molecule has 1 unspecified atom stereocenters. The monoisotopic (exact) mass is 250 g/mol. The van der Waals surface area contributed by atoms with Crippen LogP contribution in [0.4, 0.5) is 0 Å². The van der Waals surface area contributed by atoms with Gasteiger partial charge in [-0.15, -0.1) is 0 Å². The van der Waals surface area contributed by atoms with E-state index >= 15 is 0 Å². The molecule has 2 rings (SSSR count). The van der Waals surface area contributed by atoms with Gasteiger partial charge in [0.25, 0.3) is 0 Å². The van der Waals surface area contributed by atoms with Crippen molar-refractivity contribution in [3.8, 4) is 5.75 Å². The number of phenolic OH excluding ortho intramolecular Hbond substituents is 1. The van der Waals surface area contributed by atoms with Crippen LogP contribution >= 0.6 is 0 Å². The lowest BCUT2D eigenvalue weighted by Crippen LogP contribution is -2.41. The van der Waals surface area contributed by atoms with Crippen molar-refractivity contribution in [3.63, 3.8) is 0 Å². The number of rotatable bonds is 2. The minimum absolute atomic E-state index is 0.0586. The van der Waals surface area contributed by atoms with E-state index in [1.165, 1.54) is 0 Å². The third-order valence-electron chi connectivity index (χ3n) is 3.75. The van der Waals surface area contributed by atoms with Gasteiger partial charge in [-0.3, -0.25) is 0 Å². The van der Waals surface area contributed by atoms with Crippen LogP contribution < -0.4 is 0 Å². The van der Waals surface area contributed by atoms with E-state index < -0.39 is 5.60 Å². The fourth-order valence-electron chi connectivity index (χ4n) is 2.88. The zero-order chi connectivity index (χ0) is 13.4. The van der Waals surface area contributed by atoms with Crippen LogP contribution in [0.15, 0.2) is 18.2 Å². The summed E-state index contributed by atoms with van der Waals surface area (Å²) in [6, 6.07) is 5.32. The van der Waals surface area contributed by atoms with E-state index in [0.717, 1.165) is 30.4 Å². The van der Waals surface area contributed by atoms with Crippen LogP contribution in [0.1, 0.15) is 51.2 Å². The van der Waals surface area contributed by atoms with Gasteiger partial charge in [0.2, 0.25) is 0 Å². The van der Waals surface area contributed by atoms with Crippen molar-refractivity contribution in [2.45, 2.75) is 57.8 Å². The first kappa shape index (κ1) is 13.4. The summed E-state index contributed by atoms with van der Waals surface area (Å²) >= 11 is 0. The number of benzene rings is 1. The SMILES string of the molecule is CC1(C)CCCC(C)(c2ccc(CO)cc2O)O1. The first-order chi connectivity index (χ1) is 8.36. The molecule has 1 heterocycles. The molecule has 0 aromatic heterocycles. The number of aliphatic hydroxyl groups is 1. The van der Waals surface area contributed by atoms with Crippen molar-refractivity contribution in [3.05, 3.63) is 29.3 Å². The highest BCUT2D eigenvalue weighted by atomic mass is 16.5. The summed E-state index contributed by atoms with van der Waals surface area (Å²) in [6.07, 6.45) is 3.03. The molecule has 100 valence electrons. The van der Waals surface area contributed by atoms with Gasteiger partial charge in [-0.25, -0.2) is 0 Å². The Labute approximate surface area is 108 Å². The molecule has 2 N–H and O–H groups in total. The van der Waals surface area contributed by atoms with Gasteiger partial charge >= 0.3 is 0 Å². The summed E-state index contributed by atoms with van der Waals surface area (Å²) in [6.45, 7) is 6.14. The largest absolute Gasteiger partial charge is 0.508 e. The molecule has 1 aromatic carbocycles. The average molecular weight is 250 g/mol. The fourth-order valence-corrected chi connectivity index (χ4v) is 2.88. The number of aliphatic hydroxyl groups excluding tert-OH is 1. The maximum absolute atomic E-state index is 10.1. The zero-order valence-corrected chi connectivity index (χ0v) is 11.4. The van der Waals surface area contributed by atoms with E-state index in [0.29, 0.717) is 0 Å². The molecular weight excluding hydrogens is 228 g/mol. The average Bonchev–Trinajstić information content (AvgIpc) is 2.26. The van der Waals surface area contributed by atoms with Gasteiger partial charge in [-0.2, -0.15) is 0 Å². The third kappa shape index (κ3) is 2.52. The molecule has 1 atom stereocenters. The minimum Gasteiger partial charge on any atom is -0.508 e. The molecule has 1 aromatic rings. The fraction of sp³-hybridized carbons (Fsp3) is 0.600. The predicted molar refractivity (Wildman–Crippen MR) is 70.4 cm³/mol. The second kappa shape index (κ2) is 4.56. The van der Waals surface area contributed by atoms with Crippen LogP contribution in [0.3, 0.4) is 0 Å². The van der Waals surface area contributed by atoms with Crippen LogP contribution in [0.5, 0.6) is 5.75 Å². The summed E-state index contributed by atoms with van der Waals surface area (Å²) in [5.74, 6) is 0.210. The molecule has 1 aliphatic heterocycles. The Morgan fingerprint density at radius 3 is 2.50 bits per heavy atom. The van der Waals surface area contributed by atoms with Gasteiger partial charge in [-0.05, 0) is 51.7 Å². The van der Waals surface area contributed by atoms with Crippen molar-refractivity contribution in [2.75, 3.05) is 0 Å². The molecule has 1 fully saturated rings. The van der Waals surface area contributed by atoms with E-state index in [9.17, 15) is 5.11 Å². The molecule has 0 amide bonds. The van der Waals surface area contributed by atoms with E-state index in [2.05, 4.69) is 13.8 Å². The Morgan fingerprint density at radius 1 is 1.22 bits per heavy atom. The highest BCUT2D eigenvalue weighted by Gasteiger charge is 2.39. The highest BCUT2D eigenvalue weighted by molar-refractivity contribution is 5.40. The van der Waals surface area contributed by atoms with Crippen molar-refractivity contribution < 1.29 is 14.9 Å². The number of hydrogen-bond donors (Lipinski definition) is 2. The van der Waals surface area contributed by atoms with Crippen LogP contribution in [-0.4, -0.2) is 15.8 Å². The van der Waals surface area contributed by atoms with Crippen molar-refractivity contribution in [2.24, 2.45) is 0 Å². The molecule has 0 radical (unpaired) electrons. The quantitative estimate of drug-likeness (QED) is 0.848. The Kier molecular flexibility index (Phi) is 3.39. The van der Waals surface area contributed by atoms with Crippen LogP contribution in [-0.2, 0) is 16.9 Å². The Balaban J connectivity index is 2.35. The number of ether oxygens (including phenoxy) is 1. The van der Waals surface area contributed by atoms with Crippen LogP contribution in [0.2, 0.25) is 0 Å². The van der Waals surface area contributed by atoms with Gasteiger partial charge in [0, 0.05) is 5.56 Å². The molecule has 0 bridgehead atoms. The molecule has 1 aliphatic rings. The van der Waals surface area contributed by atoms with Gasteiger partial charge < -0.3 is 14.9 Å². The maximum Gasteiger partial charge on any atom is 0.122 e. The Bertz CT molecular complexity index is 439. The molecule has 1 saturated heterocycles.